The SMILES string of the molecule is C#CCN(CC(=O)O)Cc1ccn(C(CC)CC)n1. The maximum absolute atomic E-state index is 10.7. The van der Waals surface area contributed by atoms with Crippen LogP contribution in [0.25, 0.3) is 0 Å². The number of terminal acetylenes is 1. The minimum atomic E-state index is -0.880. The number of aromatic nitrogens is 2. The Kier molecular flexibility index (Phi) is 6.10. The molecule has 0 spiro atoms. The number of aliphatic carboxylic acids is 1. The van der Waals surface area contributed by atoms with E-state index in [1.54, 1.807) is 4.90 Å². The summed E-state index contributed by atoms with van der Waals surface area (Å²) in [5, 5.41) is 13.3. The van der Waals surface area contributed by atoms with E-state index in [2.05, 4.69) is 24.9 Å². The normalized spacial score (nSPS) is 10.9. The smallest absolute Gasteiger partial charge is 0.317 e. The van der Waals surface area contributed by atoms with Gasteiger partial charge < -0.3 is 5.11 Å². The molecule has 1 N–H and O–H groups in total. The van der Waals surface area contributed by atoms with Crippen LogP contribution in [0.1, 0.15) is 38.4 Å². The van der Waals surface area contributed by atoms with E-state index in [1.165, 1.54) is 0 Å². The van der Waals surface area contributed by atoms with Crippen LogP contribution < -0.4 is 0 Å². The first kappa shape index (κ1) is 15.3. The molecule has 0 bridgehead atoms. The van der Waals surface area contributed by atoms with Gasteiger partial charge in [-0.3, -0.25) is 14.4 Å². The van der Waals surface area contributed by atoms with Crippen molar-refractivity contribution < 1.29 is 9.90 Å². The fourth-order valence-corrected chi connectivity index (χ4v) is 2.05. The van der Waals surface area contributed by atoms with Crippen molar-refractivity contribution in [3.05, 3.63) is 18.0 Å². The third-order valence-electron chi connectivity index (χ3n) is 3.04. The maximum Gasteiger partial charge on any atom is 0.317 e. The van der Waals surface area contributed by atoms with Crippen LogP contribution in [-0.2, 0) is 11.3 Å². The molecule has 1 aromatic heterocycles. The molecule has 1 aromatic rings. The highest BCUT2D eigenvalue weighted by Gasteiger charge is 2.12. The van der Waals surface area contributed by atoms with Gasteiger partial charge in [0.25, 0.3) is 0 Å². The van der Waals surface area contributed by atoms with Crippen molar-refractivity contribution in [2.75, 3.05) is 13.1 Å². The molecule has 0 radical (unpaired) electrons. The van der Waals surface area contributed by atoms with Crippen LogP contribution in [0.2, 0.25) is 0 Å². The summed E-state index contributed by atoms with van der Waals surface area (Å²) in [6, 6.07) is 2.32. The maximum atomic E-state index is 10.7. The van der Waals surface area contributed by atoms with Gasteiger partial charge in [0.15, 0.2) is 0 Å². The lowest BCUT2D eigenvalue weighted by atomic mass is 10.2. The standard InChI is InChI=1S/C14H21N3O2/c1-4-8-16(11-14(18)19)10-12-7-9-17(15-12)13(5-2)6-3/h1,7,9,13H,5-6,8,10-11H2,2-3H3,(H,18,19). The van der Waals surface area contributed by atoms with Crippen LogP contribution in [0.15, 0.2) is 12.3 Å². The number of carboxylic acids is 1. The van der Waals surface area contributed by atoms with E-state index in [9.17, 15) is 4.79 Å². The van der Waals surface area contributed by atoms with Crippen molar-refractivity contribution in [1.29, 1.82) is 0 Å². The summed E-state index contributed by atoms with van der Waals surface area (Å²) in [6.45, 7) is 4.96. The zero-order valence-corrected chi connectivity index (χ0v) is 11.5. The van der Waals surface area contributed by atoms with Gasteiger partial charge >= 0.3 is 5.97 Å². The minimum absolute atomic E-state index is 0.0674. The molecule has 0 saturated heterocycles. The van der Waals surface area contributed by atoms with Crippen LogP contribution in [0.3, 0.4) is 0 Å². The zero-order valence-electron chi connectivity index (χ0n) is 11.5. The molecule has 0 aliphatic rings. The molecule has 1 rings (SSSR count). The molecule has 0 aromatic carbocycles. The van der Waals surface area contributed by atoms with Crippen LogP contribution in [-0.4, -0.2) is 38.8 Å². The lowest BCUT2D eigenvalue weighted by Gasteiger charge is -2.16. The fraction of sp³-hybridized carbons (Fsp3) is 0.571. The van der Waals surface area contributed by atoms with Crippen LogP contribution in [0.5, 0.6) is 0 Å². The van der Waals surface area contributed by atoms with E-state index in [0.29, 0.717) is 19.1 Å². The number of carbonyl (C=O) groups is 1. The van der Waals surface area contributed by atoms with Crippen LogP contribution in [0.4, 0.5) is 0 Å². The second kappa shape index (κ2) is 7.59. The summed E-state index contributed by atoms with van der Waals surface area (Å²) >= 11 is 0. The van der Waals surface area contributed by atoms with Gasteiger partial charge in [-0.2, -0.15) is 5.10 Å². The third-order valence-corrected chi connectivity index (χ3v) is 3.04. The quantitative estimate of drug-likeness (QED) is 0.726. The van der Waals surface area contributed by atoms with Gasteiger partial charge in [-0.05, 0) is 18.9 Å². The molecule has 1 heterocycles. The number of nitrogens with zero attached hydrogens (tertiary/aromatic N) is 3. The van der Waals surface area contributed by atoms with Gasteiger partial charge in [-0.15, -0.1) is 6.42 Å². The Balaban J connectivity index is 2.69. The molecule has 0 amide bonds. The molecule has 104 valence electrons. The summed E-state index contributed by atoms with van der Waals surface area (Å²) in [5.74, 6) is 1.59. The molecule has 0 saturated carbocycles. The average Bonchev–Trinajstić information content (AvgIpc) is 2.78. The van der Waals surface area contributed by atoms with E-state index in [1.807, 2.05) is 16.9 Å². The molecule has 5 nitrogen and oxygen atoms in total. The Bertz CT molecular complexity index is 444. The fourth-order valence-electron chi connectivity index (χ4n) is 2.05. The van der Waals surface area contributed by atoms with Gasteiger partial charge in [0.05, 0.1) is 24.8 Å². The van der Waals surface area contributed by atoms with Gasteiger partial charge in [-0.25, -0.2) is 0 Å². The molecular formula is C14H21N3O2. The molecular weight excluding hydrogens is 242 g/mol. The van der Waals surface area contributed by atoms with Crippen molar-refractivity contribution in [2.24, 2.45) is 0 Å². The highest BCUT2D eigenvalue weighted by Crippen LogP contribution is 2.15. The first-order valence-corrected chi connectivity index (χ1v) is 6.52. The largest absolute Gasteiger partial charge is 0.480 e. The number of carboxylic acid groups (broad SMARTS) is 1. The monoisotopic (exact) mass is 263 g/mol. The Morgan fingerprint density at radius 2 is 2.26 bits per heavy atom. The first-order valence-electron chi connectivity index (χ1n) is 6.52. The Morgan fingerprint density at radius 3 is 2.79 bits per heavy atom. The topological polar surface area (TPSA) is 58.4 Å². The van der Waals surface area contributed by atoms with E-state index in [0.717, 1.165) is 18.5 Å². The highest BCUT2D eigenvalue weighted by atomic mass is 16.4. The zero-order chi connectivity index (χ0) is 14.3. The second-order valence-corrected chi connectivity index (χ2v) is 4.50. The van der Waals surface area contributed by atoms with Crippen LogP contribution >= 0.6 is 0 Å². The molecule has 0 atom stereocenters. The summed E-state index contributed by atoms with van der Waals surface area (Å²) in [4.78, 5) is 12.4. The molecule has 0 fully saturated rings. The molecule has 0 unspecified atom stereocenters. The van der Waals surface area contributed by atoms with Crippen molar-refractivity contribution in [1.82, 2.24) is 14.7 Å². The molecule has 19 heavy (non-hydrogen) atoms. The van der Waals surface area contributed by atoms with Crippen molar-refractivity contribution >= 4 is 5.97 Å². The minimum Gasteiger partial charge on any atom is -0.480 e. The van der Waals surface area contributed by atoms with Crippen molar-refractivity contribution in [3.8, 4) is 12.3 Å². The first-order chi connectivity index (χ1) is 9.10. The predicted molar refractivity (Wildman–Crippen MR) is 73.6 cm³/mol. The van der Waals surface area contributed by atoms with Crippen LogP contribution in [0, 0.1) is 12.3 Å². The van der Waals surface area contributed by atoms with E-state index < -0.39 is 5.97 Å². The summed E-state index contributed by atoms with van der Waals surface area (Å²) < 4.78 is 1.95. The lowest BCUT2D eigenvalue weighted by molar-refractivity contribution is -0.138. The Morgan fingerprint density at radius 1 is 1.58 bits per heavy atom. The second-order valence-electron chi connectivity index (χ2n) is 4.50. The van der Waals surface area contributed by atoms with Crippen molar-refractivity contribution in [3.63, 3.8) is 0 Å². The summed E-state index contributed by atoms with van der Waals surface area (Å²) in [6.07, 6.45) is 9.25. The lowest BCUT2D eigenvalue weighted by Crippen LogP contribution is -2.30. The molecule has 0 aliphatic heterocycles. The number of hydrogen-bond donors (Lipinski definition) is 1. The summed E-state index contributed by atoms with van der Waals surface area (Å²) in [7, 11) is 0. The van der Waals surface area contributed by atoms with Gasteiger partial charge in [0, 0.05) is 12.7 Å². The number of rotatable bonds is 8. The predicted octanol–water partition coefficient (Wildman–Crippen LogP) is 1.76. The Labute approximate surface area is 114 Å². The van der Waals surface area contributed by atoms with Gasteiger partial charge in [0.1, 0.15) is 0 Å². The molecule has 5 heteroatoms. The number of hydrogen-bond acceptors (Lipinski definition) is 3. The average molecular weight is 263 g/mol. The van der Waals surface area contributed by atoms with Gasteiger partial charge in [0.2, 0.25) is 0 Å². The van der Waals surface area contributed by atoms with E-state index in [4.69, 9.17) is 11.5 Å². The summed E-state index contributed by atoms with van der Waals surface area (Å²) in [5.41, 5.74) is 0.850. The van der Waals surface area contributed by atoms with Crippen molar-refractivity contribution in [2.45, 2.75) is 39.3 Å². The Hall–Kier alpha value is -1.80. The van der Waals surface area contributed by atoms with Gasteiger partial charge in [-0.1, -0.05) is 19.8 Å². The van der Waals surface area contributed by atoms with E-state index >= 15 is 0 Å². The van der Waals surface area contributed by atoms with E-state index in [-0.39, 0.29) is 6.54 Å². The highest BCUT2D eigenvalue weighted by molar-refractivity contribution is 5.69. The molecule has 0 aliphatic carbocycles. The third kappa shape index (κ3) is 4.76.